The molecule has 0 aliphatic heterocycles. The third-order valence-electron chi connectivity index (χ3n) is 4.40. The van der Waals surface area contributed by atoms with E-state index >= 15 is 0 Å². The molecule has 0 saturated heterocycles. The maximum absolute atomic E-state index is 5.92. The van der Waals surface area contributed by atoms with Gasteiger partial charge in [0.1, 0.15) is 11.6 Å². The summed E-state index contributed by atoms with van der Waals surface area (Å²) in [5, 5.41) is 0. The largest absolute Gasteiger partial charge is 0.383 e. The average Bonchev–Trinajstić information content (AvgIpc) is 2.16. The molecule has 2 aliphatic carbocycles. The van der Waals surface area contributed by atoms with Crippen LogP contribution in [0.25, 0.3) is 0 Å². The van der Waals surface area contributed by atoms with E-state index in [1.807, 2.05) is 6.20 Å². The maximum atomic E-state index is 5.92. The first-order valence-electron chi connectivity index (χ1n) is 6.53. The van der Waals surface area contributed by atoms with Crippen molar-refractivity contribution in [2.45, 2.75) is 44.4 Å². The van der Waals surface area contributed by atoms with Crippen LogP contribution in [0.4, 0.5) is 5.82 Å². The van der Waals surface area contributed by atoms with Crippen molar-refractivity contribution in [3.63, 3.8) is 0 Å². The van der Waals surface area contributed by atoms with E-state index in [1.54, 1.807) is 0 Å². The third-order valence-corrected chi connectivity index (χ3v) is 5.23. The zero-order valence-electron chi connectivity index (χ0n) is 9.90. The van der Waals surface area contributed by atoms with Crippen LogP contribution in [0.1, 0.15) is 50.3 Å². The first kappa shape index (κ1) is 11.7. The molecule has 1 heterocycles. The molecule has 0 spiro atoms. The quantitative estimate of drug-likeness (QED) is 0.857. The fourth-order valence-electron chi connectivity index (χ4n) is 2.96. The van der Waals surface area contributed by atoms with Crippen molar-refractivity contribution in [1.29, 1.82) is 0 Å². The van der Waals surface area contributed by atoms with Gasteiger partial charge in [0.05, 0.1) is 3.57 Å². The van der Waals surface area contributed by atoms with Gasteiger partial charge in [-0.1, -0.05) is 12.8 Å². The van der Waals surface area contributed by atoms with Crippen LogP contribution in [0.5, 0.6) is 0 Å². The SMILES string of the molecule is Nc1nc(C(C2CCC2)C2CCC2)ncc1I. The first-order valence-corrected chi connectivity index (χ1v) is 7.61. The van der Waals surface area contributed by atoms with Crippen LogP contribution in [0.3, 0.4) is 0 Å². The zero-order valence-corrected chi connectivity index (χ0v) is 12.1. The Bertz CT molecular complexity index is 399. The Hall–Kier alpha value is -0.390. The van der Waals surface area contributed by atoms with Gasteiger partial charge in [-0.3, -0.25) is 0 Å². The lowest BCUT2D eigenvalue weighted by Crippen LogP contribution is -2.32. The lowest BCUT2D eigenvalue weighted by atomic mass is 9.64. The minimum Gasteiger partial charge on any atom is -0.383 e. The molecule has 92 valence electrons. The van der Waals surface area contributed by atoms with Crippen molar-refractivity contribution < 1.29 is 0 Å². The predicted octanol–water partition coefficient (Wildman–Crippen LogP) is 3.35. The predicted molar refractivity (Wildman–Crippen MR) is 76.6 cm³/mol. The van der Waals surface area contributed by atoms with Gasteiger partial charge in [-0.2, -0.15) is 0 Å². The van der Waals surface area contributed by atoms with Crippen molar-refractivity contribution in [3.8, 4) is 0 Å². The number of nitrogen functional groups attached to an aromatic ring is 1. The van der Waals surface area contributed by atoms with E-state index < -0.39 is 0 Å². The lowest BCUT2D eigenvalue weighted by Gasteiger charge is -2.41. The molecule has 0 atom stereocenters. The van der Waals surface area contributed by atoms with E-state index in [0.717, 1.165) is 21.2 Å². The van der Waals surface area contributed by atoms with Gasteiger partial charge >= 0.3 is 0 Å². The lowest BCUT2D eigenvalue weighted by molar-refractivity contribution is 0.143. The standard InChI is InChI=1S/C13H18IN3/c14-10-7-16-13(17-12(10)15)11(8-3-1-4-8)9-5-2-6-9/h7-9,11H,1-6H2,(H2,15,16,17). The molecule has 2 N–H and O–H groups in total. The summed E-state index contributed by atoms with van der Waals surface area (Å²) in [5.41, 5.74) is 5.92. The summed E-state index contributed by atoms with van der Waals surface area (Å²) in [6, 6.07) is 0. The second-order valence-corrected chi connectivity index (χ2v) is 6.53. The molecule has 0 aromatic carbocycles. The van der Waals surface area contributed by atoms with Gasteiger partial charge < -0.3 is 5.73 Å². The van der Waals surface area contributed by atoms with Gasteiger partial charge in [0.25, 0.3) is 0 Å². The van der Waals surface area contributed by atoms with Crippen LogP contribution in [0, 0.1) is 15.4 Å². The van der Waals surface area contributed by atoms with Gasteiger partial charge in [-0.05, 0) is 60.1 Å². The monoisotopic (exact) mass is 343 g/mol. The fourth-order valence-corrected chi connectivity index (χ4v) is 3.22. The Morgan fingerprint density at radius 2 is 1.76 bits per heavy atom. The van der Waals surface area contributed by atoms with Crippen LogP contribution in [0.2, 0.25) is 0 Å². The number of halogens is 1. The molecule has 17 heavy (non-hydrogen) atoms. The molecule has 0 radical (unpaired) electrons. The Kier molecular flexibility index (Phi) is 3.23. The van der Waals surface area contributed by atoms with Gasteiger partial charge in [-0.15, -0.1) is 0 Å². The van der Waals surface area contributed by atoms with Gasteiger partial charge in [0, 0.05) is 12.1 Å². The molecule has 2 saturated carbocycles. The van der Waals surface area contributed by atoms with Crippen LogP contribution >= 0.6 is 22.6 Å². The number of anilines is 1. The summed E-state index contributed by atoms with van der Waals surface area (Å²) < 4.78 is 0.965. The van der Waals surface area contributed by atoms with Crippen molar-refractivity contribution in [2.24, 2.45) is 11.8 Å². The second kappa shape index (κ2) is 4.71. The van der Waals surface area contributed by atoms with Crippen molar-refractivity contribution >= 4 is 28.4 Å². The summed E-state index contributed by atoms with van der Waals surface area (Å²) in [5.74, 6) is 3.88. The normalized spacial score (nSPS) is 21.3. The first-order chi connectivity index (χ1) is 8.25. The fraction of sp³-hybridized carbons (Fsp3) is 0.692. The van der Waals surface area contributed by atoms with E-state index in [4.69, 9.17) is 5.73 Å². The van der Waals surface area contributed by atoms with E-state index in [9.17, 15) is 0 Å². The Morgan fingerprint density at radius 1 is 1.18 bits per heavy atom. The van der Waals surface area contributed by atoms with Crippen molar-refractivity contribution in [2.75, 3.05) is 5.73 Å². The van der Waals surface area contributed by atoms with Crippen LogP contribution < -0.4 is 5.73 Å². The van der Waals surface area contributed by atoms with Crippen LogP contribution in [-0.2, 0) is 0 Å². The number of nitrogens with zero attached hydrogens (tertiary/aromatic N) is 2. The molecular weight excluding hydrogens is 325 g/mol. The van der Waals surface area contributed by atoms with Crippen molar-refractivity contribution in [1.82, 2.24) is 9.97 Å². The van der Waals surface area contributed by atoms with E-state index in [-0.39, 0.29) is 0 Å². The maximum Gasteiger partial charge on any atom is 0.140 e. The average molecular weight is 343 g/mol. The highest BCUT2D eigenvalue weighted by molar-refractivity contribution is 14.1. The molecule has 0 amide bonds. The molecule has 3 rings (SSSR count). The minimum atomic E-state index is 0.580. The highest BCUT2D eigenvalue weighted by Crippen LogP contribution is 2.48. The Balaban J connectivity index is 1.87. The van der Waals surface area contributed by atoms with E-state index in [0.29, 0.717) is 11.7 Å². The topological polar surface area (TPSA) is 51.8 Å². The number of aromatic nitrogens is 2. The molecule has 0 unspecified atom stereocenters. The van der Waals surface area contributed by atoms with E-state index in [2.05, 4.69) is 32.6 Å². The third kappa shape index (κ3) is 2.16. The highest BCUT2D eigenvalue weighted by atomic mass is 127. The molecule has 2 aliphatic rings. The van der Waals surface area contributed by atoms with Crippen molar-refractivity contribution in [3.05, 3.63) is 15.6 Å². The van der Waals surface area contributed by atoms with Gasteiger partial charge in [0.2, 0.25) is 0 Å². The van der Waals surface area contributed by atoms with Crippen LogP contribution in [-0.4, -0.2) is 9.97 Å². The zero-order chi connectivity index (χ0) is 11.8. The summed E-state index contributed by atoms with van der Waals surface area (Å²) in [6.07, 6.45) is 10.1. The summed E-state index contributed by atoms with van der Waals surface area (Å²) in [4.78, 5) is 9.08. The summed E-state index contributed by atoms with van der Waals surface area (Å²) in [7, 11) is 0. The molecule has 1 aromatic rings. The second-order valence-electron chi connectivity index (χ2n) is 5.37. The van der Waals surface area contributed by atoms with E-state index in [1.165, 1.54) is 38.5 Å². The van der Waals surface area contributed by atoms with Gasteiger partial charge in [0.15, 0.2) is 0 Å². The molecule has 4 heteroatoms. The number of hydrogen-bond donors (Lipinski definition) is 1. The van der Waals surface area contributed by atoms with Crippen LogP contribution in [0.15, 0.2) is 6.20 Å². The summed E-state index contributed by atoms with van der Waals surface area (Å²) in [6.45, 7) is 0. The number of hydrogen-bond acceptors (Lipinski definition) is 3. The smallest absolute Gasteiger partial charge is 0.140 e. The molecule has 2 fully saturated rings. The summed E-state index contributed by atoms with van der Waals surface area (Å²) >= 11 is 2.20. The molecule has 0 bridgehead atoms. The molecular formula is C13H18IN3. The Morgan fingerprint density at radius 3 is 2.18 bits per heavy atom. The number of rotatable bonds is 3. The minimum absolute atomic E-state index is 0.580. The Labute approximate surface area is 116 Å². The van der Waals surface area contributed by atoms with Gasteiger partial charge in [-0.25, -0.2) is 9.97 Å². The highest BCUT2D eigenvalue weighted by Gasteiger charge is 2.38. The number of nitrogens with two attached hydrogens (primary N) is 1. The molecule has 3 nitrogen and oxygen atoms in total. The molecule has 1 aromatic heterocycles.